The van der Waals surface area contributed by atoms with Gasteiger partial charge < -0.3 is 19.7 Å². The molecule has 0 saturated carbocycles. The molecule has 2 aromatic carbocycles. The van der Waals surface area contributed by atoms with Crippen LogP contribution in [0.2, 0.25) is 0 Å². The molecule has 0 aliphatic carbocycles. The molecule has 4 heterocycles. The quantitative estimate of drug-likeness (QED) is 0.321. The van der Waals surface area contributed by atoms with Crippen LogP contribution in [0.4, 0.5) is 5.69 Å². The largest absolute Gasteiger partial charge is 0.371 e. The summed E-state index contributed by atoms with van der Waals surface area (Å²) in [6.45, 7) is 6.25. The Hall–Kier alpha value is -3.93. The fraction of sp³-hybridized carbons (Fsp3) is 0.367. The van der Waals surface area contributed by atoms with Gasteiger partial charge in [0.05, 0.1) is 23.0 Å². The van der Waals surface area contributed by atoms with Crippen molar-refractivity contribution >= 4 is 5.69 Å². The molecule has 0 bridgehead atoms. The molecule has 8 heteroatoms. The average molecular weight is 507 g/mol. The van der Waals surface area contributed by atoms with Gasteiger partial charge in [0, 0.05) is 37.1 Å². The van der Waals surface area contributed by atoms with Crippen LogP contribution in [0.25, 0.3) is 28.3 Å². The third kappa shape index (κ3) is 4.83. The van der Waals surface area contributed by atoms with Gasteiger partial charge in [-0.05, 0) is 100 Å². The SMILES string of the molecule is CN(C)CCCNCC1CCN(c2ccc3c(c2)Cn2cc(-c4ccc(C#N)cc4)cc2-c2nncn2-3)C1. The first-order chi connectivity index (χ1) is 18.6. The molecule has 0 radical (unpaired) electrons. The number of hydrogen-bond acceptors (Lipinski definition) is 6. The Balaban J connectivity index is 1.21. The molecule has 1 unspecified atom stereocenters. The number of nitriles is 1. The monoisotopic (exact) mass is 506 g/mol. The minimum Gasteiger partial charge on any atom is -0.371 e. The summed E-state index contributed by atoms with van der Waals surface area (Å²) in [7, 11) is 4.26. The zero-order valence-electron chi connectivity index (χ0n) is 22.1. The highest BCUT2D eigenvalue weighted by molar-refractivity contribution is 5.72. The van der Waals surface area contributed by atoms with Crippen LogP contribution in [0.5, 0.6) is 0 Å². The lowest BCUT2D eigenvalue weighted by Crippen LogP contribution is -2.28. The number of hydrogen-bond donors (Lipinski definition) is 1. The Kier molecular flexibility index (Phi) is 6.71. The predicted molar refractivity (Wildman–Crippen MR) is 150 cm³/mol. The van der Waals surface area contributed by atoms with Crippen LogP contribution in [0.15, 0.2) is 61.1 Å². The van der Waals surface area contributed by atoms with Gasteiger partial charge in [-0.3, -0.25) is 4.57 Å². The van der Waals surface area contributed by atoms with E-state index in [1.54, 1.807) is 0 Å². The van der Waals surface area contributed by atoms with E-state index in [1.807, 2.05) is 30.6 Å². The molecule has 0 amide bonds. The topological polar surface area (TPSA) is 77.9 Å². The average Bonchev–Trinajstić information content (AvgIpc) is 3.67. The number of benzene rings is 2. The minimum atomic E-state index is 0.667. The normalized spacial score (nSPS) is 16.2. The summed E-state index contributed by atoms with van der Waals surface area (Å²) in [4.78, 5) is 4.77. The molecule has 38 heavy (non-hydrogen) atoms. The fourth-order valence-corrected chi connectivity index (χ4v) is 5.68. The molecule has 8 nitrogen and oxygen atoms in total. The van der Waals surface area contributed by atoms with Gasteiger partial charge in [-0.15, -0.1) is 10.2 Å². The Bertz CT molecular complexity index is 1460. The number of nitrogens with zero attached hydrogens (tertiary/aromatic N) is 7. The van der Waals surface area contributed by atoms with Crippen molar-refractivity contribution in [1.29, 1.82) is 5.26 Å². The van der Waals surface area contributed by atoms with Crippen molar-refractivity contribution in [2.24, 2.45) is 5.92 Å². The lowest BCUT2D eigenvalue weighted by atomic mass is 10.1. The van der Waals surface area contributed by atoms with Crippen LogP contribution < -0.4 is 10.2 Å². The molecule has 2 aliphatic rings. The van der Waals surface area contributed by atoms with Gasteiger partial charge in [-0.2, -0.15) is 5.26 Å². The Morgan fingerprint density at radius 1 is 1.11 bits per heavy atom. The number of fused-ring (bicyclic) bond motifs is 5. The number of rotatable bonds is 8. The van der Waals surface area contributed by atoms with Crippen molar-refractivity contribution in [2.45, 2.75) is 19.4 Å². The first-order valence-corrected chi connectivity index (χ1v) is 13.4. The number of aromatic nitrogens is 4. The summed E-state index contributed by atoms with van der Waals surface area (Å²) >= 11 is 0. The minimum absolute atomic E-state index is 0.667. The van der Waals surface area contributed by atoms with Gasteiger partial charge in [-0.1, -0.05) is 12.1 Å². The molecule has 1 atom stereocenters. The van der Waals surface area contributed by atoms with Crippen LogP contribution in [-0.4, -0.2) is 71.1 Å². The molecule has 6 rings (SSSR count). The van der Waals surface area contributed by atoms with E-state index in [9.17, 15) is 0 Å². The molecule has 4 aromatic rings. The second-order valence-electron chi connectivity index (χ2n) is 10.7. The van der Waals surface area contributed by atoms with E-state index >= 15 is 0 Å². The fourth-order valence-electron chi connectivity index (χ4n) is 5.68. The lowest BCUT2D eigenvalue weighted by Gasteiger charge is -2.21. The molecular weight excluding hydrogens is 472 g/mol. The number of nitrogens with one attached hydrogen (secondary N) is 1. The van der Waals surface area contributed by atoms with Crippen molar-refractivity contribution in [1.82, 2.24) is 29.5 Å². The van der Waals surface area contributed by atoms with Crippen LogP contribution in [0.1, 0.15) is 24.0 Å². The van der Waals surface area contributed by atoms with E-state index in [4.69, 9.17) is 5.26 Å². The summed E-state index contributed by atoms with van der Waals surface area (Å²) in [5.74, 6) is 1.53. The molecular formula is C30H34N8. The molecule has 1 N–H and O–H groups in total. The van der Waals surface area contributed by atoms with Gasteiger partial charge in [0.15, 0.2) is 5.82 Å². The van der Waals surface area contributed by atoms with E-state index < -0.39 is 0 Å². The van der Waals surface area contributed by atoms with Crippen LogP contribution >= 0.6 is 0 Å². The molecule has 2 aromatic heterocycles. The Labute approximate surface area is 224 Å². The van der Waals surface area contributed by atoms with Crippen molar-refractivity contribution in [2.75, 3.05) is 51.7 Å². The molecule has 0 spiro atoms. The van der Waals surface area contributed by atoms with Gasteiger partial charge in [0.2, 0.25) is 0 Å². The zero-order valence-corrected chi connectivity index (χ0v) is 22.1. The molecule has 1 saturated heterocycles. The molecule has 1 fully saturated rings. The van der Waals surface area contributed by atoms with Gasteiger partial charge >= 0.3 is 0 Å². The zero-order chi connectivity index (χ0) is 26.1. The second-order valence-corrected chi connectivity index (χ2v) is 10.7. The molecule has 2 aliphatic heterocycles. The maximum absolute atomic E-state index is 9.15. The van der Waals surface area contributed by atoms with Gasteiger partial charge in [-0.25, -0.2) is 0 Å². The standard InChI is InChI=1S/C30H34N8/c1-35(2)12-3-11-32-17-23-10-13-36(18-23)27-8-9-28-26(14-27)20-37-19-25(24-6-4-22(16-31)5-7-24)15-29(37)30-34-33-21-38(28)30/h4-9,14-15,19,21,23,32H,3,10-13,17-18,20H2,1-2H3. The Morgan fingerprint density at radius 3 is 2.79 bits per heavy atom. The first-order valence-electron chi connectivity index (χ1n) is 13.4. The summed E-state index contributed by atoms with van der Waals surface area (Å²) in [6.07, 6.45) is 6.41. The third-order valence-electron chi connectivity index (χ3n) is 7.73. The summed E-state index contributed by atoms with van der Waals surface area (Å²) in [5.41, 5.74) is 7.59. The van der Waals surface area contributed by atoms with E-state index in [-0.39, 0.29) is 0 Å². The van der Waals surface area contributed by atoms with Crippen molar-refractivity contribution in [3.8, 4) is 34.4 Å². The van der Waals surface area contributed by atoms with Crippen molar-refractivity contribution < 1.29 is 0 Å². The predicted octanol–water partition coefficient (Wildman–Crippen LogP) is 4.00. The van der Waals surface area contributed by atoms with E-state index in [0.29, 0.717) is 11.5 Å². The highest BCUT2D eigenvalue weighted by Gasteiger charge is 2.26. The summed E-state index contributed by atoms with van der Waals surface area (Å²) in [6, 6.07) is 18.9. The smallest absolute Gasteiger partial charge is 0.185 e. The lowest BCUT2D eigenvalue weighted by molar-refractivity contribution is 0.390. The Morgan fingerprint density at radius 2 is 1.97 bits per heavy atom. The third-order valence-corrected chi connectivity index (χ3v) is 7.73. The summed E-state index contributed by atoms with van der Waals surface area (Å²) in [5, 5.41) is 21.5. The van der Waals surface area contributed by atoms with Crippen LogP contribution in [-0.2, 0) is 6.54 Å². The van der Waals surface area contributed by atoms with Crippen molar-refractivity contribution in [3.05, 3.63) is 72.2 Å². The van der Waals surface area contributed by atoms with Crippen LogP contribution in [0.3, 0.4) is 0 Å². The maximum Gasteiger partial charge on any atom is 0.185 e. The first kappa shape index (κ1) is 24.4. The second kappa shape index (κ2) is 10.4. The van der Waals surface area contributed by atoms with E-state index in [0.717, 1.165) is 67.6 Å². The van der Waals surface area contributed by atoms with Gasteiger partial charge in [0.1, 0.15) is 6.33 Å². The van der Waals surface area contributed by atoms with E-state index in [1.165, 1.54) is 24.1 Å². The van der Waals surface area contributed by atoms with Gasteiger partial charge in [0.25, 0.3) is 0 Å². The molecule has 194 valence electrons. The highest BCUT2D eigenvalue weighted by Crippen LogP contribution is 2.35. The summed E-state index contributed by atoms with van der Waals surface area (Å²) < 4.78 is 4.37. The number of anilines is 1. The van der Waals surface area contributed by atoms with E-state index in [2.05, 4.69) is 85.1 Å². The highest BCUT2D eigenvalue weighted by atomic mass is 15.3. The van der Waals surface area contributed by atoms with Crippen LogP contribution in [0, 0.1) is 17.2 Å². The van der Waals surface area contributed by atoms with Crippen molar-refractivity contribution in [3.63, 3.8) is 0 Å². The maximum atomic E-state index is 9.15.